The highest BCUT2D eigenvalue weighted by molar-refractivity contribution is 5.95. The SMILES string of the molecule is COc1ccc(C)c2cc(C(=O)O)c(=O)[nH]c12. The number of benzene rings is 1. The molecule has 17 heavy (non-hydrogen) atoms. The Morgan fingerprint density at radius 1 is 1.41 bits per heavy atom. The molecule has 0 fully saturated rings. The van der Waals surface area contributed by atoms with Crippen LogP contribution in [-0.4, -0.2) is 23.2 Å². The van der Waals surface area contributed by atoms with Crippen molar-refractivity contribution in [2.24, 2.45) is 0 Å². The van der Waals surface area contributed by atoms with Gasteiger partial charge >= 0.3 is 5.97 Å². The Hall–Kier alpha value is -2.30. The van der Waals surface area contributed by atoms with E-state index in [0.717, 1.165) is 5.56 Å². The summed E-state index contributed by atoms with van der Waals surface area (Å²) in [6.07, 6.45) is 0. The average Bonchev–Trinajstić information content (AvgIpc) is 2.28. The molecule has 0 spiro atoms. The number of H-pyrrole nitrogens is 1. The van der Waals surface area contributed by atoms with E-state index in [0.29, 0.717) is 16.7 Å². The van der Waals surface area contributed by atoms with Crippen molar-refractivity contribution in [3.05, 3.63) is 39.7 Å². The number of fused-ring (bicyclic) bond motifs is 1. The molecule has 5 heteroatoms. The fourth-order valence-electron chi connectivity index (χ4n) is 1.74. The van der Waals surface area contributed by atoms with Crippen molar-refractivity contribution in [2.75, 3.05) is 7.11 Å². The summed E-state index contributed by atoms with van der Waals surface area (Å²) >= 11 is 0. The lowest BCUT2D eigenvalue weighted by molar-refractivity contribution is 0.0695. The van der Waals surface area contributed by atoms with Crippen LogP contribution in [0.15, 0.2) is 23.0 Å². The number of carboxylic acid groups (broad SMARTS) is 1. The number of aromatic carboxylic acids is 1. The first-order chi connectivity index (χ1) is 8.04. The second-order valence-corrected chi connectivity index (χ2v) is 3.69. The van der Waals surface area contributed by atoms with E-state index in [9.17, 15) is 9.59 Å². The Bertz CT molecular complexity index is 657. The second-order valence-electron chi connectivity index (χ2n) is 3.69. The molecular weight excluding hydrogens is 222 g/mol. The summed E-state index contributed by atoms with van der Waals surface area (Å²) in [5.74, 6) is -0.727. The number of aryl methyl sites for hydroxylation is 1. The Kier molecular flexibility index (Phi) is 2.59. The minimum absolute atomic E-state index is 0.270. The number of carboxylic acids is 1. The molecule has 0 saturated carbocycles. The standard InChI is InChI=1S/C12H11NO4/c1-6-3-4-9(17-2)10-7(6)5-8(12(15)16)11(14)13-10/h3-5H,1-2H3,(H,13,14)(H,15,16). The molecule has 5 nitrogen and oxygen atoms in total. The molecular formula is C12H11NO4. The number of hydrogen-bond acceptors (Lipinski definition) is 3. The van der Waals surface area contributed by atoms with E-state index in [1.807, 2.05) is 13.0 Å². The van der Waals surface area contributed by atoms with Gasteiger partial charge in [0.05, 0.1) is 12.6 Å². The topological polar surface area (TPSA) is 79.4 Å². The first-order valence-corrected chi connectivity index (χ1v) is 4.98. The number of aromatic amines is 1. The van der Waals surface area contributed by atoms with Gasteiger partial charge in [0.15, 0.2) is 0 Å². The van der Waals surface area contributed by atoms with Gasteiger partial charge in [0.25, 0.3) is 5.56 Å². The molecule has 0 amide bonds. The van der Waals surface area contributed by atoms with Gasteiger partial charge in [-0.25, -0.2) is 4.79 Å². The maximum atomic E-state index is 11.6. The van der Waals surface area contributed by atoms with Gasteiger partial charge in [0, 0.05) is 5.39 Å². The third-order valence-electron chi connectivity index (χ3n) is 2.65. The zero-order valence-electron chi connectivity index (χ0n) is 9.40. The predicted molar refractivity (Wildman–Crippen MR) is 62.8 cm³/mol. The number of ether oxygens (including phenoxy) is 1. The largest absolute Gasteiger partial charge is 0.495 e. The lowest BCUT2D eigenvalue weighted by atomic mass is 10.1. The van der Waals surface area contributed by atoms with E-state index in [1.54, 1.807) is 6.07 Å². The summed E-state index contributed by atoms with van der Waals surface area (Å²) < 4.78 is 5.12. The van der Waals surface area contributed by atoms with Crippen LogP contribution in [0.1, 0.15) is 15.9 Å². The molecule has 0 aliphatic heterocycles. The molecule has 0 atom stereocenters. The van der Waals surface area contributed by atoms with E-state index < -0.39 is 11.5 Å². The third-order valence-corrected chi connectivity index (χ3v) is 2.65. The van der Waals surface area contributed by atoms with E-state index in [4.69, 9.17) is 9.84 Å². The molecule has 2 rings (SSSR count). The smallest absolute Gasteiger partial charge is 0.341 e. The fraction of sp³-hybridized carbons (Fsp3) is 0.167. The van der Waals surface area contributed by atoms with E-state index in [2.05, 4.69) is 4.98 Å². The summed E-state index contributed by atoms with van der Waals surface area (Å²) in [6.45, 7) is 1.84. The predicted octanol–water partition coefficient (Wildman–Crippen LogP) is 1.54. The number of carbonyl (C=O) groups is 1. The van der Waals surface area contributed by atoms with E-state index in [1.165, 1.54) is 13.2 Å². The van der Waals surface area contributed by atoms with Gasteiger partial charge in [-0.2, -0.15) is 0 Å². The van der Waals surface area contributed by atoms with Gasteiger partial charge in [-0.3, -0.25) is 4.79 Å². The van der Waals surface area contributed by atoms with Crippen LogP contribution in [0, 0.1) is 6.92 Å². The zero-order valence-corrected chi connectivity index (χ0v) is 9.40. The summed E-state index contributed by atoms with van der Waals surface area (Å²) in [7, 11) is 1.49. The minimum atomic E-state index is -1.24. The number of hydrogen-bond donors (Lipinski definition) is 2. The first-order valence-electron chi connectivity index (χ1n) is 4.98. The van der Waals surface area contributed by atoms with Crippen molar-refractivity contribution in [1.29, 1.82) is 0 Å². The minimum Gasteiger partial charge on any atom is -0.495 e. The molecule has 2 aromatic rings. The van der Waals surface area contributed by atoms with Crippen LogP contribution >= 0.6 is 0 Å². The molecule has 0 aliphatic rings. The van der Waals surface area contributed by atoms with Crippen molar-refractivity contribution in [3.63, 3.8) is 0 Å². The van der Waals surface area contributed by atoms with Crippen molar-refractivity contribution < 1.29 is 14.6 Å². The Balaban J connectivity index is 2.91. The van der Waals surface area contributed by atoms with Gasteiger partial charge in [0.2, 0.25) is 0 Å². The molecule has 0 bridgehead atoms. The molecule has 0 unspecified atom stereocenters. The van der Waals surface area contributed by atoms with Gasteiger partial charge < -0.3 is 14.8 Å². The van der Waals surface area contributed by atoms with Crippen LogP contribution in [0.3, 0.4) is 0 Å². The molecule has 0 aliphatic carbocycles. The average molecular weight is 233 g/mol. The zero-order chi connectivity index (χ0) is 12.6. The number of aromatic nitrogens is 1. The van der Waals surface area contributed by atoms with Gasteiger partial charge in [0.1, 0.15) is 11.3 Å². The molecule has 2 N–H and O–H groups in total. The third kappa shape index (κ3) is 1.75. The molecule has 1 aromatic carbocycles. The van der Waals surface area contributed by atoms with Crippen molar-refractivity contribution in [1.82, 2.24) is 4.98 Å². The van der Waals surface area contributed by atoms with Gasteiger partial charge in [-0.1, -0.05) is 6.07 Å². The van der Waals surface area contributed by atoms with E-state index in [-0.39, 0.29) is 5.56 Å². The normalized spacial score (nSPS) is 10.5. The summed E-state index contributed by atoms with van der Waals surface area (Å²) in [6, 6.07) is 4.91. The van der Waals surface area contributed by atoms with Crippen LogP contribution in [0.5, 0.6) is 5.75 Å². The van der Waals surface area contributed by atoms with Crippen LogP contribution in [0.25, 0.3) is 10.9 Å². The maximum Gasteiger partial charge on any atom is 0.341 e. The lowest BCUT2D eigenvalue weighted by Gasteiger charge is -2.08. The summed E-state index contributed by atoms with van der Waals surface area (Å²) in [4.78, 5) is 25.0. The highest BCUT2D eigenvalue weighted by atomic mass is 16.5. The van der Waals surface area contributed by atoms with E-state index >= 15 is 0 Å². The quantitative estimate of drug-likeness (QED) is 0.824. The van der Waals surface area contributed by atoms with Crippen LogP contribution in [0.4, 0.5) is 0 Å². The first kappa shape index (κ1) is 11.2. The van der Waals surface area contributed by atoms with Crippen molar-refractivity contribution >= 4 is 16.9 Å². The summed E-state index contributed by atoms with van der Waals surface area (Å²) in [5.41, 5.74) is 0.491. The molecule has 88 valence electrons. The van der Waals surface area contributed by atoms with Crippen molar-refractivity contribution in [3.8, 4) is 5.75 Å². The second kappa shape index (κ2) is 3.93. The number of methoxy groups -OCH3 is 1. The molecule has 1 aromatic heterocycles. The van der Waals surface area contributed by atoms with Crippen LogP contribution < -0.4 is 10.3 Å². The van der Waals surface area contributed by atoms with Crippen LogP contribution in [0.2, 0.25) is 0 Å². The number of pyridine rings is 1. The fourth-order valence-corrected chi connectivity index (χ4v) is 1.74. The molecule has 1 heterocycles. The molecule has 0 saturated heterocycles. The lowest BCUT2D eigenvalue weighted by Crippen LogP contribution is -2.17. The van der Waals surface area contributed by atoms with Gasteiger partial charge in [-0.05, 0) is 24.6 Å². The number of nitrogens with one attached hydrogen (secondary N) is 1. The molecule has 0 radical (unpaired) electrons. The monoisotopic (exact) mass is 233 g/mol. The summed E-state index contributed by atoms with van der Waals surface area (Å²) in [5, 5.41) is 9.56. The highest BCUT2D eigenvalue weighted by Crippen LogP contribution is 2.25. The van der Waals surface area contributed by atoms with Gasteiger partial charge in [-0.15, -0.1) is 0 Å². The Labute approximate surface area is 96.7 Å². The van der Waals surface area contributed by atoms with Crippen LogP contribution in [-0.2, 0) is 0 Å². The highest BCUT2D eigenvalue weighted by Gasteiger charge is 2.13. The van der Waals surface area contributed by atoms with Crippen molar-refractivity contribution in [2.45, 2.75) is 6.92 Å². The number of rotatable bonds is 2. The maximum absolute atomic E-state index is 11.6. The Morgan fingerprint density at radius 2 is 2.12 bits per heavy atom. The Morgan fingerprint density at radius 3 is 2.71 bits per heavy atom.